The number of alkyl carbamates (subject to hydrolysis) is 1. The van der Waals surface area contributed by atoms with Crippen LogP contribution in [-0.4, -0.2) is 46.1 Å². The van der Waals surface area contributed by atoms with Gasteiger partial charge in [-0.3, -0.25) is 9.59 Å². The molecule has 0 fully saturated rings. The number of nitrogens with one attached hydrogen (secondary N) is 2. The number of para-hydroxylation sites is 1. The monoisotopic (exact) mass is 643 g/mol. The van der Waals surface area contributed by atoms with E-state index in [1.165, 1.54) is 0 Å². The van der Waals surface area contributed by atoms with E-state index in [9.17, 15) is 19.5 Å². The summed E-state index contributed by atoms with van der Waals surface area (Å²) in [5, 5.41) is 15.9. The SMILES string of the molecule is CCCCCCCN(C(=O)C(Cc1ccc(O)cc1)NC(=O)OC(C)(C)C)C(C(=O)Nc1c(C)cccc1C)c1cc(C)ccc1C. The molecule has 3 aromatic carbocycles. The molecule has 0 aliphatic carbocycles. The number of rotatable bonds is 14. The fourth-order valence-corrected chi connectivity index (χ4v) is 5.68. The van der Waals surface area contributed by atoms with Gasteiger partial charge in [-0.15, -0.1) is 0 Å². The number of carbonyl (C=O) groups is 3. The molecule has 3 aromatic rings. The Bertz CT molecular complexity index is 1490. The van der Waals surface area contributed by atoms with Gasteiger partial charge in [-0.2, -0.15) is 0 Å². The molecule has 8 nitrogen and oxygen atoms in total. The topological polar surface area (TPSA) is 108 Å². The van der Waals surface area contributed by atoms with Crippen molar-refractivity contribution in [1.82, 2.24) is 10.2 Å². The molecule has 2 unspecified atom stereocenters. The van der Waals surface area contributed by atoms with E-state index in [-0.39, 0.29) is 24.0 Å². The summed E-state index contributed by atoms with van der Waals surface area (Å²) in [7, 11) is 0. The third-order valence-corrected chi connectivity index (χ3v) is 8.17. The summed E-state index contributed by atoms with van der Waals surface area (Å²) in [6, 6.07) is 16.3. The average molecular weight is 644 g/mol. The highest BCUT2D eigenvalue weighted by Gasteiger charge is 2.37. The van der Waals surface area contributed by atoms with Crippen molar-refractivity contribution >= 4 is 23.6 Å². The van der Waals surface area contributed by atoms with Crippen molar-refractivity contribution in [3.8, 4) is 5.75 Å². The maximum absolute atomic E-state index is 14.9. The summed E-state index contributed by atoms with van der Waals surface area (Å²) in [4.78, 5) is 44.2. The molecule has 0 heterocycles. The van der Waals surface area contributed by atoms with Gasteiger partial charge < -0.3 is 25.4 Å². The van der Waals surface area contributed by atoms with E-state index < -0.39 is 23.8 Å². The van der Waals surface area contributed by atoms with Crippen molar-refractivity contribution in [2.75, 3.05) is 11.9 Å². The summed E-state index contributed by atoms with van der Waals surface area (Å²) in [5.41, 5.74) is 5.12. The molecular weight excluding hydrogens is 590 g/mol. The van der Waals surface area contributed by atoms with E-state index in [1.54, 1.807) is 49.9 Å². The number of anilines is 1. The fraction of sp³-hybridized carbons (Fsp3) is 0.462. The number of phenols is 1. The first-order valence-corrected chi connectivity index (χ1v) is 16.7. The number of unbranched alkanes of at least 4 members (excludes halogenated alkanes) is 4. The molecule has 3 rings (SSSR count). The summed E-state index contributed by atoms with van der Waals surface area (Å²) in [6.45, 7) is 15.6. The molecule has 3 amide bonds. The van der Waals surface area contributed by atoms with Gasteiger partial charge in [-0.1, -0.05) is 86.7 Å². The average Bonchev–Trinajstić information content (AvgIpc) is 2.99. The first-order valence-electron chi connectivity index (χ1n) is 16.7. The van der Waals surface area contributed by atoms with Gasteiger partial charge in [0.2, 0.25) is 5.91 Å². The summed E-state index contributed by atoms with van der Waals surface area (Å²) >= 11 is 0. The minimum absolute atomic E-state index is 0.101. The number of aromatic hydroxyl groups is 1. The molecule has 0 radical (unpaired) electrons. The van der Waals surface area contributed by atoms with E-state index in [2.05, 4.69) is 17.6 Å². The van der Waals surface area contributed by atoms with Gasteiger partial charge in [-0.25, -0.2) is 4.79 Å². The molecule has 8 heteroatoms. The lowest BCUT2D eigenvalue weighted by molar-refractivity contribution is -0.140. The molecule has 0 aliphatic rings. The van der Waals surface area contributed by atoms with Crippen molar-refractivity contribution < 1.29 is 24.2 Å². The number of aryl methyl sites for hydroxylation is 4. The van der Waals surface area contributed by atoms with Crippen LogP contribution in [0.4, 0.5) is 10.5 Å². The zero-order chi connectivity index (χ0) is 34.7. The Morgan fingerprint density at radius 3 is 2.11 bits per heavy atom. The van der Waals surface area contributed by atoms with E-state index in [0.717, 1.165) is 64.8 Å². The van der Waals surface area contributed by atoms with Gasteiger partial charge in [0.05, 0.1) is 0 Å². The maximum Gasteiger partial charge on any atom is 0.408 e. The fourth-order valence-electron chi connectivity index (χ4n) is 5.68. The number of carbonyl (C=O) groups excluding carboxylic acids is 3. The summed E-state index contributed by atoms with van der Waals surface area (Å²) in [5.74, 6) is -0.607. The molecule has 254 valence electrons. The molecular formula is C39H53N3O5. The minimum Gasteiger partial charge on any atom is -0.508 e. The van der Waals surface area contributed by atoms with Crippen LogP contribution in [0.25, 0.3) is 0 Å². The standard InChI is InChI=1S/C39H53N3O5/c1-9-10-11-12-13-23-42(37(45)33(40-38(46)47-39(6,7)8)25-30-19-21-31(43)22-20-30)35(32-24-26(2)17-18-27(32)3)36(44)41-34-28(4)15-14-16-29(34)5/h14-22,24,33,35,43H,9-13,23,25H2,1-8H3,(H,40,46)(H,41,44). The minimum atomic E-state index is -1.04. The largest absolute Gasteiger partial charge is 0.508 e. The van der Waals surface area contributed by atoms with Crippen LogP contribution in [0, 0.1) is 27.7 Å². The Balaban J connectivity index is 2.14. The second-order valence-electron chi connectivity index (χ2n) is 13.5. The van der Waals surface area contributed by atoms with Crippen LogP contribution in [0.2, 0.25) is 0 Å². The number of phenolic OH excluding ortho intramolecular Hbond substituents is 1. The Morgan fingerprint density at radius 1 is 0.851 bits per heavy atom. The molecule has 47 heavy (non-hydrogen) atoms. The van der Waals surface area contributed by atoms with Crippen LogP contribution in [0.3, 0.4) is 0 Å². The highest BCUT2D eigenvalue weighted by atomic mass is 16.6. The van der Waals surface area contributed by atoms with Crippen molar-refractivity contribution in [2.45, 2.75) is 112 Å². The number of ether oxygens (including phenoxy) is 1. The highest BCUT2D eigenvalue weighted by Crippen LogP contribution is 2.30. The van der Waals surface area contributed by atoms with Gasteiger partial charge in [0.15, 0.2) is 0 Å². The molecule has 0 saturated carbocycles. The van der Waals surface area contributed by atoms with Crippen LogP contribution < -0.4 is 10.6 Å². The molecule has 0 bridgehead atoms. The number of hydrogen-bond acceptors (Lipinski definition) is 5. The van der Waals surface area contributed by atoms with E-state index >= 15 is 0 Å². The Morgan fingerprint density at radius 2 is 1.49 bits per heavy atom. The Kier molecular flexibility index (Phi) is 13.4. The van der Waals surface area contributed by atoms with Crippen molar-refractivity contribution in [1.29, 1.82) is 0 Å². The molecule has 0 spiro atoms. The van der Waals surface area contributed by atoms with Crippen molar-refractivity contribution in [2.24, 2.45) is 0 Å². The zero-order valence-corrected chi connectivity index (χ0v) is 29.4. The number of benzene rings is 3. The predicted molar refractivity (Wildman–Crippen MR) is 189 cm³/mol. The molecule has 0 aromatic heterocycles. The van der Waals surface area contributed by atoms with E-state index in [0.29, 0.717) is 13.0 Å². The van der Waals surface area contributed by atoms with E-state index in [1.807, 2.05) is 64.1 Å². The van der Waals surface area contributed by atoms with Gasteiger partial charge in [0.1, 0.15) is 23.4 Å². The lowest BCUT2D eigenvalue weighted by atomic mass is 9.94. The Labute approximate surface area is 280 Å². The zero-order valence-electron chi connectivity index (χ0n) is 29.4. The van der Waals surface area contributed by atoms with Gasteiger partial charge in [0, 0.05) is 18.7 Å². The number of hydrogen-bond donors (Lipinski definition) is 3. The maximum atomic E-state index is 14.9. The lowest BCUT2D eigenvalue weighted by Crippen LogP contribution is -2.53. The van der Waals surface area contributed by atoms with Crippen LogP contribution >= 0.6 is 0 Å². The van der Waals surface area contributed by atoms with Gasteiger partial charge in [-0.05, 0) is 94.8 Å². The highest BCUT2D eigenvalue weighted by molar-refractivity contribution is 6.00. The number of nitrogens with zero attached hydrogens (tertiary/aromatic N) is 1. The quantitative estimate of drug-likeness (QED) is 0.153. The van der Waals surface area contributed by atoms with E-state index in [4.69, 9.17) is 4.74 Å². The number of amides is 3. The second kappa shape index (κ2) is 17.0. The molecule has 0 aliphatic heterocycles. The van der Waals surface area contributed by atoms with Crippen LogP contribution in [0.5, 0.6) is 5.75 Å². The normalized spacial score (nSPS) is 12.6. The first-order chi connectivity index (χ1) is 22.2. The summed E-state index contributed by atoms with van der Waals surface area (Å²) < 4.78 is 5.57. The third-order valence-electron chi connectivity index (χ3n) is 8.17. The molecule has 0 saturated heterocycles. The second-order valence-corrected chi connectivity index (χ2v) is 13.5. The molecule has 3 N–H and O–H groups in total. The smallest absolute Gasteiger partial charge is 0.408 e. The van der Waals surface area contributed by atoms with Crippen molar-refractivity contribution in [3.63, 3.8) is 0 Å². The van der Waals surface area contributed by atoms with Crippen molar-refractivity contribution in [3.05, 3.63) is 94.0 Å². The first kappa shape index (κ1) is 37.1. The lowest BCUT2D eigenvalue weighted by Gasteiger charge is -2.35. The third kappa shape index (κ3) is 11.2. The Hall–Kier alpha value is -4.33. The van der Waals surface area contributed by atoms with Crippen LogP contribution in [0.1, 0.15) is 99.2 Å². The van der Waals surface area contributed by atoms with Gasteiger partial charge >= 0.3 is 6.09 Å². The van der Waals surface area contributed by atoms with Crippen LogP contribution in [0.15, 0.2) is 60.7 Å². The predicted octanol–water partition coefficient (Wildman–Crippen LogP) is 8.24. The van der Waals surface area contributed by atoms with Crippen LogP contribution in [-0.2, 0) is 20.7 Å². The molecule has 2 atom stereocenters. The summed E-state index contributed by atoms with van der Waals surface area (Å²) in [6.07, 6.45) is 4.21. The van der Waals surface area contributed by atoms with Gasteiger partial charge in [0.25, 0.3) is 5.91 Å².